The molecular weight excluding hydrogens is 328 g/mol. The van der Waals surface area contributed by atoms with Crippen molar-refractivity contribution in [1.29, 1.82) is 5.26 Å². The first-order valence-corrected chi connectivity index (χ1v) is 9.69. The topological polar surface area (TPSA) is 70.3 Å². The maximum Gasteiger partial charge on any atom is 0.239 e. The molecule has 26 heavy (non-hydrogen) atoms. The normalized spacial score (nSPS) is 24.6. The summed E-state index contributed by atoms with van der Waals surface area (Å²) in [5, 5.41) is 12.7. The molecule has 2 atom stereocenters. The summed E-state index contributed by atoms with van der Waals surface area (Å²) in [6, 6.07) is 2.69. The standard InChI is InChI=1S/C20H30N4O2/c1-13-10-23(11-14(2)26-13)12-19(25)22-20-18(9-21)15(3)16(4)24(20)17-7-5-6-8-17/h13-14,17H,5-8,10-12H2,1-4H3,(H,22,25)/t13-,14-/m1/s1. The number of carbonyl (C=O) groups is 1. The van der Waals surface area contributed by atoms with E-state index in [4.69, 9.17) is 4.74 Å². The number of amides is 1. The fraction of sp³-hybridized carbons (Fsp3) is 0.700. The molecule has 1 aromatic rings. The predicted octanol–water partition coefficient (Wildman–Crippen LogP) is 3.14. The van der Waals surface area contributed by atoms with Gasteiger partial charge in [-0.2, -0.15) is 5.26 Å². The van der Waals surface area contributed by atoms with Crippen LogP contribution in [0, 0.1) is 25.2 Å². The Bertz CT molecular complexity index is 702. The Morgan fingerprint density at radius 3 is 2.42 bits per heavy atom. The van der Waals surface area contributed by atoms with Gasteiger partial charge in [0.1, 0.15) is 11.9 Å². The van der Waals surface area contributed by atoms with Gasteiger partial charge in [-0.05, 0) is 46.1 Å². The summed E-state index contributed by atoms with van der Waals surface area (Å²) in [6.07, 6.45) is 4.91. The number of nitriles is 1. The number of nitrogens with one attached hydrogen (secondary N) is 1. The van der Waals surface area contributed by atoms with E-state index < -0.39 is 0 Å². The second kappa shape index (κ2) is 7.81. The molecule has 0 spiro atoms. The largest absolute Gasteiger partial charge is 0.373 e. The SMILES string of the molecule is Cc1c(C#N)c(NC(=O)CN2C[C@@H](C)O[C@H](C)C2)n(C2CCCC2)c1C. The number of ether oxygens (including phenoxy) is 1. The third-order valence-corrected chi connectivity index (χ3v) is 5.68. The van der Waals surface area contributed by atoms with Crippen molar-refractivity contribution >= 4 is 11.7 Å². The number of hydrogen-bond donors (Lipinski definition) is 1. The van der Waals surface area contributed by atoms with E-state index in [-0.39, 0.29) is 18.1 Å². The third kappa shape index (κ3) is 3.79. The van der Waals surface area contributed by atoms with Crippen molar-refractivity contribution in [3.8, 4) is 6.07 Å². The summed E-state index contributed by atoms with van der Waals surface area (Å²) in [5.41, 5.74) is 2.67. The number of aromatic nitrogens is 1. The highest BCUT2D eigenvalue weighted by atomic mass is 16.5. The summed E-state index contributed by atoms with van der Waals surface area (Å²) in [7, 11) is 0. The molecule has 0 radical (unpaired) electrons. The lowest BCUT2D eigenvalue weighted by molar-refractivity contribution is -0.121. The van der Waals surface area contributed by atoms with E-state index in [1.165, 1.54) is 12.8 Å². The number of anilines is 1. The minimum Gasteiger partial charge on any atom is -0.373 e. The molecule has 0 unspecified atom stereocenters. The highest BCUT2D eigenvalue weighted by molar-refractivity contribution is 5.93. The van der Waals surface area contributed by atoms with E-state index in [2.05, 4.69) is 27.8 Å². The van der Waals surface area contributed by atoms with Crippen LogP contribution >= 0.6 is 0 Å². The average molecular weight is 358 g/mol. The van der Waals surface area contributed by atoms with Crippen LogP contribution in [0.4, 0.5) is 5.82 Å². The van der Waals surface area contributed by atoms with E-state index >= 15 is 0 Å². The summed E-state index contributed by atoms with van der Waals surface area (Å²) in [5.74, 6) is 0.633. The molecule has 1 amide bonds. The number of morpholine rings is 1. The summed E-state index contributed by atoms with van der Waals surface area (Å²) in [4.78, 5) is 14.9. The van der Waals surface area contributed by atoms with E-state index in [1.807, 2.05) is 20.8 Å². The third-order valence-electron chi connectivity index (χ3n) is 5.68. The van der Waals surface area contributed by atoms with Crippen molar-refractivity contribution in [1.82, 2.24) is 9.47 Å². The maximum atomic E-state index is 12.7. The molecule has 6 heteroatoms. The van der Waals surface area contributed by atoms with Crippen molar-refractivity contribution < 1.29 is 9.53 Å². The van der Waals surface area contributed by atoms with E-state index in [0.29, 0.717) is 24.0 Å². The molecule has 0 bridgehead atoms. The Hall–Kier alpha value is -1.84. The predicted molar refractivity (Wildman–Crippen MR) is 101 cm³/mol. The lowest BCUT2D eigenvalue weighted by atomic mass is 10.2. The average Bonchev–Trinajstić information content (AvgIpc) is 3.14. The zero-order valence-corrected chi connectivity index (χ0v) is 16.3. The van der Waals surface area contributed by atoms with Gasteiger partial charge in [0.25, 0.3) is 0 Å². The van der Waals surface area contributed by atoms with Crippen LogP contribution in [0.25, 0.3) is 0 Å². The van der Waals surface area contributed by atoms with Crippen LogP contribution in [0.1, 0.15) is 62.4 Å². The smallest absolute Gasteiger partial charge is 0.239 e. The summed E-state index contributed by atoms with van der Waals surface area (Å²) in [6.45, 7) is 9.93. The van der Waals surface area contributed by atoms with Gasteiger partial charge in [-0.3, -0.25) is 9.69 Å². The van der Waals surface area contributed by atoms with Crippen molar-refractivity contribution in [3.05, 3.63) is 16.8 Å². The van der Waals surface area contributed by atoms with Crippen molar-refractivity contribution in [2.75, 3.05) is 25.0 Å². The number of rotatable bonds is 4. The Kier molecular flexibility index (Phi) is 5.69. The summed E-state index contributed by atoms with van der Waals surface area (Å²) < 4.78 is 7.94. The van der Waals surface area contributed by atoms with Gasteiger partial charge < -0.3 is 14.6 Å². The minimum atomic E-state index is -0.0560. The van der Waals surface area contributed by atoms with Crippen LogP contribution in [0.2, 0.25) is 0 Å². The van der Waals surface area contributed by atoms with Crippen LogP contribution in [-0.4, -0.2) is 47.2 Å². The Morgan fingerprint density at radius 1 is 1.23 bits per heavy atom. The molecule has 3 rings (SSSR count). The second-order valence-corrected chi connectivity index (χ2v) is 7.85. The molecule has 142 valence electrons. The zero-order valence-electron chi connectivity index (χ0n) is 16.3. The number of carbonyl (C=O) groups excluding carboxylic acids is 1. The maximum absolute atomic E-state index is 12.7. The second-order valence-electron chi connectivity index (χ2n) is 7.85. The lowest BCUT2D eigenvalue weighted by Crippen LogP contribution is -2.48. The van der Waals surface area contributed by atoms with E-state index in [0.717, 1.165) is 37.2 Å². The zero-order chi connectivity index (χ0) is 18.8. The molecule has 1 aliphatic carbocycles. The molecule has 2 fully saturated rings. The van der Waals surface area contributed by atoms with Gasteiger partial charge in [-0.15, -0.1) is 0 Å². The highest BCUT2D eigenvalue weighted by Gasteiger charge is 2.28. The van der Waals surface area contributed by atoms with Gasteiger partial charge >= 0.3 is 0 Å². The van der Waals surface area contributed by atoms with Gasteiger partial charge in [0, 0.05) is 24.8 Å². The first-order chi connectivity index (χ1) is 12.4. The van der Waals surface area contributed by atoms with Crippen LogP contribution < -0.4 is 5.32 Å². The van der Waals surface area contributed by atoms with E-state index in [9.17, 15) is 10.1 Å². The molecule has 1 saturated carbocycles. The van der Waals surface area contributed by atoms with Crippen LogP contribution in [0.15, 0.2) is 0 Å². The first kappa shape index (κ1) is 18.9. The molecule has 1 N–H and O–H groups in total. The number of nitrogens with zero attached hydrogens (tertiary/aromatic N) is 3. The van der Waals surface area contributed by atoms with Gasteiger partial charge in [-0.1, -0.05) is 12.8 Å². The van der Waals surface area contributed by atoms with Gasteiger partial charge in [-0.25, -0.2) is 0 Å². The monoisotopic (exact) mass is 358 g/mol. The van der Waals surface area contributed by atoms with Crippen molar-refractivity contribution in [2.45, 2.75) is 71.6 Å². The fourth-order valence-electron chi connectivity index (χ4n) is 4.49. The first-order valence-electron chi connectivity index (χ1n) is 9.69. The van der Waals surface area contributed by atoms with Crippen LogP contribution in [0.5, 0.6) is 0 Å². The number of hydrogen-bond acceptors (Lipinski definition) is 4. The van der Waals surface area contributed by atoms with Crippen molar-refractivity contribution in [2.24, 2.45) is 0 Å². The molecule has 2 heterocycles. The Labute approximate surface area is 156 Å². The minimum absolute atomic E-state index is 0.0560. The molecular formula is C20H30N4O2. The molecule has 6 nitrogen and oxygen atoms in total. The Morgan fingerprint density at radius 2 is 1.85 bits per heavy atom. The van der Waals surface area contributed by atoms with Gasteiger partial charge in [0.2, 0.25) is 5.91 Å². The molecule has 1 aromatic heterocycles. The molecule has 1 aliphatic heterocycles. The highest BCUT2D eigenvalue weighted by Crippen LogP contribution is 2.37. The molecule has 2 aliphatic rings. The van der Waals surface area contributed by atoms with Crippen molar-refractivity contribution in [3.63, 3.8) is 0 Å². The van der Waals surface area contributed by atoms with Crippen LogP contribution in [-0.2, 0) is 9.53 Å². The summed E-state index contributed by atoms with van der Waals surface area (Å²) >= 11 is 0. The van der Waals surface area contributed by atoms with Crippen LogP contribution in [0.3, 0.4) is 0 Å². The molecule has 1 saturated heterocycles. The molecule has 0 aromatic carbocycles. The lowest BCUT2D eigenvalue weighted by Gasteiger charge is -2.34. The fourth-order valence-corrected chi connectivity index (χ4v) is 4.49. The van der Waals surface area contributed by atoms with Gasteiger partial charge in [0.15, 0.2) is 0 Å². The Balaban J connectivity index is 1.79. The van der Waals surface area contributed by atoms with E-state index in [1.54, 1.807) is 0 Å². The quantitative estimate of drug-likeness (QED) is 0.898. The van der Waals surface area contributed by atoms with Gasteiger partial charge in [0.05, 0.1) is 24.3 Å².